The van der Waals surface area contributed by atoms with Gasteiger partial charge in [0.1, 0.15) is 0 Å². The molecule has 0 atom stereocenters. The Hall–Kier alpha value is -0.770. The van der Waals surface area contributed by atoms with Crippen LogP contribution in [0.25, 0.3) is 0 Å². The lowest BCUT2D eigenvalue weighted by Crippen LogP contribution is -2.48. The van der Waals surface area contributed by atoms with Crippen molar-refractivity contribution < 1.29 is 4.79 Å². The molecule has 0 radical (unpaired) electrons. The molecule has 1 aliphatic heterocycles. The Morgan fingerprint density at radius 2 is 1.86 bits per heavy atom. The maximum atomic E-state index is 12.0. The molecule has 1 amide bonds. The maximum absolute atomic E-state index is 12.0. The quantitative estimate of drug-likeness (QED) is 0.841. The van der Waals surface area contributed by atoms with Crippen LogP contribution in [0.4, 0.5) is 0 Å². The summed E-state index contributed by atoms with van der Waals surface area (Å²) in [6, 6.07) is 5.73. The van der Waals surface area contributed by atoms with Gasteiger partial charge in [0.05, 0.1) is 10.0 Å². The normalized spacial score (nSPS) is 16.5. The second-order valence-electron chi connectivity index (χ2n) is 5.97. The van der Waals surface area contributed by atoms with E-state index in [1.807, 2.05) is 17.0 Å². The third kappa shape index (κ3) is 4.60. The lowest BCUT2D eigenvalue weighted by molar-refractivity contribution is -0.133. The average Bonchev–Trinajstić information content (AvgIpc) is 2.44. The first-order valence-electron chi connectivity index (χ1n) is 7.40. The van der Waals surface area contributed by atoms with Crippen molar-refractivity contribution in [1.29, 1.82) is 0 Å². The van der Waals surface area contributed by atoms with Gasteiger partial charge in [0.25, 0.3) is 0 Å². The molecule has 1 saturated heterocycles. The number of amides is 1. The van der Waals surface area contributed by atoms with E-state index in [1.54, 1.807) is 6.07 Å². The molecular weight excluding hydrogens is 307 g/mol. The fourth-order valence-electron chi connectivity index (χ4n) is 2.55. The van der Waals surface area contributed by atoms with E-state index in [-0.39, 0.29) is 5.91 Å². The number of carbonyl (C=O) groups is 1. The van der Waals surface area contributed by atoms with Gasteiger partial charge in [0.2, 0.25) is 5.91 Å². The molecule has 1 fully saturated rings. The van der Waals surface area contributed by atoms with Crippen LogP contribution in [0, 0.1) is 5.92 Å². The highest BCUT2D eigenvalue weighted by atomic mass is 35.5. The Labute approximate surface area is 136 Å². The van der Waals surface area contributed by atoms with Gasteiger partial charge >= 0.3 is 0 Å². The SMILES string of the molecule is CC(C)CC(=O)N1CCN(Cc2cccc(Cl)c2Cl)CC1. The first-order chi connectivity index (χ1) is 9.97. The Kier molecular flexibility index (Phi) is 5.91. The minimum absolute atomic E-state index is 0.269. The van der Waals surface area contributed by atoms with E-state index in [9.17, 15) is 4.79 Å². The summed E-state index contributed by atoms with van der Waals surface area (Å²) in [6.45, 7) is 8.29. The molecule has 0 bridgehead atoms. The van der Waals surface area contributed by atoms with Gasteiger partial charge in [-0.05, 0) is 17.5 Å². The number of rotatable bonds is 4. The van der Waals surface area contributed by atoms with Crippen LogP contribution in [0.5, 0.6) is 0 Å². The summed E-state index contributed by atoms with van der Waals surface area (Å²) in [4.78, 5) is 16.3. The Balaban J connectivity index is 1.87. The van der Waals surface area contributed by atoms with Crippen LogP contribution < -0.4 is 0 Å². The summed E-state index contributed by atoms with van der Waals surface area (Å²) in [7, 11) is 0. The molecule has 0 saturated carbocycles. The number of hydrogen-bond acceptors (Lipinski definition) is 2. The minimum atomic E-state index is 0.269. The van der Waals surface area contributed by atoms with Gasteiger partial charge in [-0.15, -0.1) is 0 Å². The molecule has 3 nitrogen and oxygen atoms in total. The Morgan fingerprint density at radius 1 is 1.19 bits per heavy atom. The van der Waals surface area contributed by atoms with Crippen LogP contribution in [0.1, 0.15) is 25.8 Å². The Morgan fingerprint density at radius 3 is 2.48 bits per heavy atom. The smallest absolute Gasteiger partial charge is 0.222 e. The summed E-state index contributed by atoms with van der Waals surface area (Å²) in [5.41, 5.74) is 1.05. The predicted molar refractivity (Wildman–Crippen MR) is 87.8 cm³/mol. The zero-order valence-electron chi connectivity index (χ0n) is 12.6. The van der Waals surface area contributed by atoms with Crippen molar-refractivity contribution in [3.8, 4) is 0 Å². The summed E-state index contributed by atoms with van der Waals surface area (Å²) in [5.74, 6) is 0.686. The summed E-state index contributed by atoms with van der Waals surface area (Å²) in [5, 5.41) is 1.23. The molecule has 0 spiro atoms. The van der Waals surface area contributed by atoms with Crippen molar-refractivity contribution in [2.45, 2.75) is 26.8 Å². The van der Waals surface area contributed by atoms with Crippen LogP contribution in [-0.2, 0) is 11.3 Å². The second-order valence-corrected chi connectivity index (χ2v) is 6.75. The van der Waals surface area contributed by atoms with Gasteiger partial charge in [-0.2, -0.15) is 0 Å². The fraction of sp³-hybridized carbons (Fsp3) is 0.562. The standard InChI is InChI=1S/C16H22Cl2N2O/c1-12(2)10-15(21)20-8-6-19(7-9-20)11-13-4-3-5-14(17)16(13)18/h3-5,12H,6-11H2,1-2H3. The molecule has 21 heavy (non-hydrogen) atoms. The molecule has 0 aromatic heterocycles. The molecule has 1 aliphatic rings. The van der Waals surface area contributed by atoms with Gasteiger partial charge < -0.3 is 4.90 Å². The van der Waals surface area contributed by atoms with Crippen LogP contribution in [0.2, 0.25) is 10.0 Å². The molecule has 0 N–H and O–H groups in total. The van der Waals surface area contributed by atoms with E-state index < -0.39 is 0 Å². The second kappa shape index (κ2) is 7.48. The number of carbonyl (C=O) groups excluding carboxylic acids is 1. The van der Waals surface area contributed by atoms with Crippen LogP contribution in [0.3, 0.4) is 0 Å². The molecule has 0 unspecified atom stereocenters. The monoisotopic (exact) mass is 328 g/mol. The number of hydrogen-bond donors (Lipinski definition) is 0. The number of halogens is 2. The maximum Gasteiger partial charge on any atom is 0.222 e. The van der Waals surface area contributed by atoms with Crippen molar-refractivity contribution in [2.75, 3.05) is 26.2 Å². The highest BCUT2D eigenvalue weighted by Gasteiger charge is 2.22. The van der Waals surface area contributed by atoms with E-state index in [0.29, 0.717) is 22.4 Å². The van der Waals surface area contributed by atoms with Crippen molar-refractivity contribution in [1.82, 2.24) is 9.80 Å². The highest BCUT2D eigenvalue weighted by molar-refractivity contribution is 6.42. The van der Waals surface area contributed by atoms with Crippen LogP contribution in [0.15, 0.2) is 18.2 Å². The molecule has 1 heterocycles. The van der Waals surface area contributed by atoms with Gasteiger partial charge in [-0.1, -0.05) is 49.2 Å². The van der Waals surface area contributed by atoms with Crippen molar-refractivity contribution >= 4 is 29.1 Å². The lowest BCUT2D eigenvalue weighted by Gasteiger charge is -2.35. The molecule has 116 valence electrons. The van der Waals surface area contributed by atoms with Crippen molar-refractivity contribution in [3.05, 3.63) is 33.8 Å². The molecule has 2 rings (SSSR count). The average molecular weight is 329 g/mol. The van der Waals surface area contributed by atoms with E-state index >= 15 is 0 Å². The van der Waals surface area contributed by atoms with E-state index in [1.165, 1.54) is 0 Å². The first kappa shape index (κ1) is 16.6. The third-order valence-corrected chi connectivity index (χ3v) is 4.59. The van der Waals surface area contributed by atoms with Crippen LogP contribution in [-0.4, -0.2) is 41.9 Å². The summed E-state index contributed by atoms with van der Waals surface area (Å²) >= 11 is 12.3. The van der Waals surface area contributed by atoms with Gasteiger partial charge in [0.15, 0.2) is 0 Å². The fourth-order valence-corrected chi connectivity index (χ4v) is 2.93. The minimum Gasteiger partial charge on any atom is -0.340 e. The van der Waals surface area contributed by atoms with Crippen molar-refractivity contribution in [2.24, 2.45) is 5.92 Å². The topological polar surface area (TPSA) is 23.6 Å². The lowest BCUT2D eigenvalue weighted by atomic mass is 10.1. The van der Waals surface area contributed by atoms with E-state index in [0.717, 1.165) is 38.3 Å². The third-order valence-electron chi connectivity index (χ3n) is 3.73. The first-order valence-corrected chi connectivity index (χ1v) is 8.16. The van der Waals surface area contributed by atoms with Gasteiger partial charge in [-0.25, -0.2) is 0 Å². The summed E-state index contributed by atoms with van der Waals surface area (Å²) < 4.78 is 0. The Bertz CT molecular complexity index is 497. The largest absolute Gasteiger partial charge is 0.340 e. The van der Waals surface area contributed by atoms with Crippen molar-refractivity contribution in [3.63, 3.8) is 0 Å². The highest BCUT2D eigenvalue weighted by Crippen LogP contribution is 2.26. The van der Waals surface area contributed by atoms with Gasteiger partial charge in [0, 0.05) is 39.1 Å². The number of nitrogens with zero attached hydrogens (tertiary/aromatic N) is 2. The number of benzene rings is 1. The molecule has 1 aromatic carbocycles. The molecule has 5 heteroatoms. The zero-order valence-corrected chi connectivity index (χ0v) is 14.1. The van der Waals surface area contributed by atoms with Crippen LogP contribution >= 0.6 is 23.2 Å². The van der Waals surface area contributed by atoms with E-state index in [4.69, 9.17) is 23.2 Å². The summed E-state index contributed by atoms with van der Waals surface area (Å²) in [6.07, 6.45) is 0.639. The molecule has 1 aromatic rings. The van der Waals surface area contributed by atoms with Gasteiger partial charge in [-0.3, -0.25) is 9.69 Å². The molecule has 0 aliphatic carbocycles. The van der Waals surface area contributed by atoms with E-state index in [2.05, 4.69) is 18.7 Å². The molecular formula is C16H22Cl2N2O. The predicted octanol–water partition coefficient (Wildman–Crippen LogP) is 3.68. The zero-order chi connectivity index (χ0) is 15.4. The number of piperazine rings is 1.